The van der Waals surface area contributed by atoms with E-state index in [0.29, 0.717) is 0 Å². The van der Waals surface area contributed by atoms with Crippen molar-refractivity contribution in [2.24, 2.45) is 0 Å². The van der Waals surface area contributed by atoms with Gasteiger partial charge in [0.05, 0.1) is 22.7 Å². The van der Waals surface area contributed by atoms with Gasteiger partial charge in [-0.1, -0.05) is 48.5 Å². The Kier molecular flexibility index (Phi) is 3.61. The van der Waals surface area contributed by atoms with Crippen LogP contribution in [0.4, 0.5) is 51.2 Å². The van der Waals surface area contributed by atoms with Crippen molar-refractivity contribution >= 4 is 74.3 Å². The molecule has 0 radical (unpaired) electrons. The predicted octanol–water partition coefficient (Wildman–Crippen LogP) is 7.76. The molecule has 0 saturated carbocycles. The van der Waals surface area contributed by atoms with Crippen molar-refractivity contribution in [2.45, 2.75) is 0 Å². The molecule has 5 aliphatic rings. The third-order valence-corrected chi connectivity index (χ3v) is 9.32. The maximum atomic E-state index is 6.61. The summed E-state index contributed by atoms with van der Waals surface area (Å²) in [4.78, 5) is 7.27. The lowest BCUT2D eigenvalue weighted by Crippen LogP contribution is -2.65. The first-order chi connectivity index (χ1) is 20.9. The Labute approximate surface area is 242 Å². The van der Waals surface area contributed by atoms with Crippen molar-refractivity contribution < 1.29 is 9.47 Å². The van der Waals surface area contributed by atoms with E-state index in [9.17, 15) is 0 Å². The first kappa shape index (κ1) is 21.2. The van der Waals surface area contributed by atoms with Crippen LogP contribution in [0.1, 0.15) is 0 Å². The second kappa shape index (κ2) is 7.17. The highest BCUT2D eigenvalue weighted by molar-refractivity contribution is 7.02. The van der Waals surface area contributed by atoms with E-state index < -0.39 is 0 Å². The SMILES string of the molecule is c1ccc(N2c3ccc4c5c3B3c6c(cccc6N6c7ccccc7Oc7ccc2c3c76)N5c2ccccc2O4)cc1. The van der Waals surface area contributed by atoms with Gasteiger partial charge in [0.25, 0.3) is 6.71 Å². The van der Waals surface area contributed by atoms with E-state index in [-0.39, 0.29) is 6.71 Å². The zero-order chi connectivity index (χ0) is 27.1. The molecule has 0 spiro atoms. The van der Waals surface area contributed by atoms with Gasteiger partial charge in [-0.25, -0.2) is 0 Å². The van der Waals surface area contributed by atoms with E-state index in [0.717, 1.165) is 51.4 Å². The number of benzene rings is 6. The Morgan fingerprint density at radius 1 is 0.357 bits per heavy atom. The number of anilines is 9. The lowest BCUT2D eigenvalue weighted by Gasteiger charge is -2.51. The summed E-state index contributed by atoms with van der Waals surface area (Å²) >= 11 is 0. The normalized spacial score (nSPS) is 14.9. The topological polar surface area (TPSA) is 28.2 Å². The Balaban J connectivity index is 1.33. The predicted molar refractivity (Wildman–Crippen MR) is 169 cm³/mol. The summed E-state index contributed by atoms with van der Waals surface area (Å²) in [6.07, 6.45) is 0. The minimum Gasteiger partial charge on any atom is -0.453 e. The van der Waals surface area contributed by atoms with Crippen LogP contribution in [0, 0.1) is 0 Å². The summed E-state index contributed by atoms with van der Waals surface area (Å²) in [7, 11) is 0. The fourth-order valence-electron chi connectivity index (χ4n) is 7.82. The van der Waals surface area contributed by atoms with Crippen LogP contribution in [-0.4, -0.2) is 6.71 Å². The Hall–Kier alpha value is -5.62. The van der Waals surface area contributed by atoms with Gasteiger partial charge in [-0.15, -0.1) is 0 Å². The molecule has 0 aliphatic carbocycles. The molecule has 5 aliphatic heterocycles. The molecule has 0 atom stereocenters. The molecule has 0 saturated heterocycles. The zero-order valence-electron chi connectivity index (χ0n) is 22.3. The van der Waals surface area contributed by atoms with Gasteiger partial charge in [-0.2, -0.15) is 0 Å². The minimum absolute atomic E-state index is 0.0290. The van der Waals surface area contributed by atoms with E-state index in [1.165, 1.54) is 39.1 Å². The second-order valence-corrected chi connectivity index (χ2v) is 11.3. The van der Waals surface area contributed by atoms with Crippen molar-refractivity contribution in [1.29, 1.82) is 0 Å². The lowest BCUT2D eigenvalue weighted by atomic mass is 9.31. The van der Waals surface area contributed by atoms with Crippen molar-refractivity contribution in [1.82, 2.24) is 0 Å². The molecule has 6 heteroatoms. The Morgan fingerprint density at radius 3 is 1.40 bits per heavy atom. The molecule has 0 aromatic heterocycles. The number of ether oxygens (including phenoxy) is 2. The van der Waals surface area contributed by atoms with Crippen LogP contribution in [0.15, 0.2) is 121 Å². The number of nitrogens with zero attached hydrogens (tertiary/aromatic N) is 3. The van der Waals surface area contributed by atoms with Gasteiger partial charge >= 0.3 is 0 Å². The maximum absolute atomic E-state index is 6.61. The molecule has 6 aromatic carbocycles. The average Bonchev–Trinajstić information content (AvgIpc) is 3.05. The van der Waals surface area contributed by atoms with Gasteiger partial charge < -0.3 is 24.2 Å². The zero-order valence-corrected chi connectivity index (χ0v) is 22.3. The second-order valence-electron chi connectivity index (χ2n) is 11.3. The summed E-state index contributed by atoms with van der Waals surface area (Å²) in [5.74, 6) is 3.50. The summed E-state index contributed by atoms with van der Waals surface area (Å²) in [5, 5.41) is 0. The molecular weight excluding hydrogens is 517 g/mol. The van der Waals surface area contributed by atoms with E-state index in [1.54, 1.807) is 0 Å². The quantitative estimate of drug-likeness (QED) is 0.200. The first-order valence-electron chi connectivity index (χ1n) is 14.3. The molecule has 0 fully saturated rings. The van der Waals surface area contributed by atoms with E-state index in [2.05, 4.69) is 124 Å². The first-order valence-corrected chi connectivity index (χ1v) is 14.3. The highest BCUT2D eigenvalue weighted by atomic mass is 16.5. The van der Waals surface area contributed by atoms with Crippen LogP contribution in [0.2, 0.25) is 0 Å². The summed E-state index contributed by atoms with van der Waals surface area (Å²) in [6, 6.07) is 42.9. The molecular formula is C36H20BN3O2. The standard InChI is InChI=1S/C36H20BN3O2/c1-2-9-21(10-3-1)38-26-17-19-30-35-33(26)37-32-24(39(35)22-11-4-6-15-28(22)41-30)13-8-14-25(32)40-23-12-5-7-16-29(23)42-31-20-18-27(38)34(37)36(31)40/h1-20H. The molecule has 6 aromatic rings. The number of fused-ring (bicyclic) bond motifs is 6. The Bertz CT molecular complexity index is 2070. The maximum Gasteiger partial charge on any atom is 0.258 e. The summed E-state index contributed by atoms with van der Waals surface area (Å²) in [5.41, 5.74) is 14.1. The number of rotatable bonds is 1. The smallest absolute Gasteiger partial charge is 0.258 e. The van der Waals surface area contributed by atoms with Crippen LogP contribution >= 0.6 is 0 Å². The molecule has 42 heavy (non-hydrogen) atoms. The van der Waals surface area contributed by atoms with Crippen molar-refractivity contribution in [3.8, 4) is 23.0 Å². The monoisotopic (exact) mass is 537 g/mol. The summed E-state index contributed by atoms with van der Waals surface area (Å²) < 4.78 is 13.2. The van der Waals surface area contributed by atoms with Gasteiger partial charge in [0.2, 0.25) is 0 Å². The highest BCUT2D eigenvalue weighted by Gasteiger charge is 2.52. The molecule has 194 valence electrons. The number of hydrogen-bond donors (Lipinski definition) is 0. The molecule has 0 N–H and O–H groups in total. The molecule has 0 amide bonds. The highest BCUT2D eigenvalue weighted by Crippen LogP contribution is 2.59. The van der Waals surface area contributed by atoms with Crippen LogP contribution in [0.3, 0.4) is 0 Å². The third kappa shape index (κ3) is 2.33. The molecule has 0 bridgehead atoms. The van der Waals surface area contributed by atoms with Gasteiger partial charge in [0.15, 0.2) is 23.0 Å². The van der Waals surface area contributed by atoms with Crippen LogP contribution in [-0.2, 0) is 0 Å². The number of para-hydroxylation sites is 5. The molecule has 11 rings (SSSR count). The number of hydrogen-bond acceptors (Lipinski definition) is 5. The minimum atomic E-state index is 0.0290. The van der Waals surface area contributed by atoms with Crippen LogP contribution < -0.4 is 40.6 Å². The van der Waals surface area contributed by atoms with Crippen LogP contribution in [0.25, 0.3) is 0 Å². The van der Waals surface area contributed by atoms with E-state index in [1.807, 2.05) is 12.1 Å². The van der Waals surface area contributed by atoms with Crippen molar-refractivity contribution in [2.75, 3.05) is 14.7 Å². The van der Waals surface area contributed by atoms with Gasteiger partial charge in [0.1, 0.15) is 0 Å². The average molecular weight is 537 g/mol. The largest absolute Gasteiger partial charge is 0.453 e. The third-order valence-electron chi connectivity index (χ3n) is 9.32. The fraction of sp³-hybridized carbons (Fsp3) is 0. The van der Waals surface area contributed by atoms with E-state index >= 15 is 0 Å². The lowest BCUT2D eigenvalue weighted by molar-refractivity contribution is 0.477. The van der Waals surface area contributed by atoms with E-state index in [4.69, 9.17) is 9.47 Å². The van der Waals surface area contributed by atoms with Gasteiger partial charge in [-0.05, 0) is 89.2 Å². The van der Waals surface area contributed by atoms with Crippen molar-refractivity contribution in [3.63, 3.8) is 0 Å². The summed E-state index contributed by atoms with van der Waals surface area (Å²) in [6.45, 7) is 0.0290. The Morgan fingerprint density at radius 2 is 0.833 bits per heavy atom. The molecule has 5 heterocycles. The van der Waals surface area contributed by atoms with Crippen molar-refractivity contribution in [3.05, 3.63) is 121 Å². The molecule has 0 unspecified atom stereocenters. The van der Waals surface area contributed by atoms with Gasteiger partial charge in [-0.3, -0.25) is 0 Å². The fourth-order valence-corrected chi connectivity index (χ4v) is 7.82. The molecule has 5 nitrogen and oxygen atoms in total. The van der Waals surface area contributed by atoms with Crippen LogP contribution in [0.5, 0.6) is 23.0 Å². The van der Waals surface area contributed by atoms with Gasteiger partial charge in [0, 0.05) is 28.4 Å².